The standard InChI is InChI=1S/C7H5Cl2NO4S/c1-4-2-3-5(15(9,13)14)6(8)7(4)10(11)12/h2-3H,1H3. The molecular formula is C7H5Cl2NO4S. The second-order valence-corrected chi connectivity index (χ2v) is 5.65. The predicted molar refractivity (Wildman–Crippen MR) is 55.9 cm³/mol. The van der Waals surface area contributed by atoms with Crippen molar-refractivity contribution in [3.05, 3.63) is 32.8 Å². The zero-order valence-electron chi connectivity index (χ0n) is 7.40. The summed E-state index contributed by atoms with van der Waals surface area (Å²) in [6.07, 6.45) is 0. The maximum atomic E-state index is 11.0. The van der Waals surface area contributed by atoms with Gasteiger partial charge in [0.2, 0.25) is 0 Å². The lowest BCUT2D eigenvalue weighted by Gasteiger charge is -2.03. The van der Waals surface area contributed by atoms with Crippen LogP contribution < -0.4 is 0 Å². The summed E-state index contributed by atoms with van der Waals surface area (Å²) in [6.45, 7) is 1.45. The fraction of sp³-hybridized carbons (Fsp3) is 0.143. The molecule has 0 atom stereocenters. The lowest BCUT2D eigenvalue weighted by molar-refractivity contribution is -0.385. The minimum atomic E-state index is -4.07. The molecule has 1 aromatic carbocycles. The summed E-state index contributed by atoms with van der Waals surface area (Å²) in [5.41, 5.74) is -0.174. The highest BCUT2D eigenvalue weighted by Crippen LogP contribution is 2.35. The molecule has 0 N–H and O–H groups in total. The van der Waals surface area contributed by atoms with E-state index in [0.29, 0.717) is 0 Å². The Hall–Kier alpha value is -0.850. The Morgan fingerprint density at radius 2 is 1.93 bits per heavy atom. The first-order valence-electron chi connectivity index (χ1n) is 3.63. The van der Waals surface area contributed by atoms with Gasteiger partial charge in [0.05, 0.1) is 4.92 Å². The molecule has 5 nitrogen and oxygen atoms in total. The molecule has 82 valence electrons. The molecule has 0 amide bonds. The second-order valence-electron chi connectivity index (χ2n) is 2.74. The van der Waals surface area contributed by atoms with Crippen LogP contribution in [0.5, 0.6) is 0 Å². The van der Waals surface area contributed by atoms with Crippen LogP contribution in [0.2, 0.25) is 5.02 Å². The van der Waals surface area contributed by atoms with Gasteiger partial charge in [0.15, 0.2) is 0 Å². The van der Waals surface area contributed by atoms with Gasteiger partial charge in [0.25, 0.3) is 14.7 Å². The summed E-state index contributed by atoms with van der Waals surface area (Å²) < 4.78 is 22.0. The lowest BCUT2D eigenvalue weighted by Crippen LogP contribution is -1.98. The molecule has 0 bridgehead atoms. The van der Waals surface area contributed by atoms with Gasteiger partial charge < -0.3 is 0 Å². The second kappa shape index (κ2) is 3.96. The Labute approximate surface area is 95.2 Å². The summed E-state index contributed by atoms with van der Waals surface area (Å²) >= 11 is 5.59. The van der Waals surface area contributed by atoms with E-state index in [0.717, 1.165) is 6.07 Å². The SMILES string of the molecule is Cc1ccc(S(=O)(=O)Cl)c(Cl)c1[N+](=O)[O-]. The first-order chi connectivity index (χ1) is 6.75. The molecule has 0 aliphatic rings. The van der Waals surface area contributed by atoms with Gasteiger partial charge >= 0.3 is 0 Å². The maximum absolute atomic E-state index is 11.0. The average Bonchev–Trinajstić information content (AvgIpc) is 2.00. The van der Waals surface area contributed by atoms with E-state index in [9.17, 15) is 18.5 Å². The lowest BCUT2D eigenvalue weighted by atomic mass is 10.2. The van der Waals surface area contributed by atoms with Gasteiger partial charge in [-0.15, -0.1) is 0 Å². The molecule has 0 heterocycles. The van der Waals surface area contributed by atoms with Crippen LogP contribution in [0.4, 0.5) is 5.69 Å². The highest BCUT2D eigenvalue weighted by atomic mass is 35.7. The van der Waals surface area contributed by atoms with Crippen LogP contribution in [0.3, 0.4) is 0 Å². The topological polar surface area (TPSA) is 77.3 Å². The van der Waals surface area contributed by atoms with E-state index in [1.54, 1.807) is 0 Å². The van der Waals surface area contributed by atoms with Crippen molar-refractivity contribution in [2.45, 2.75) is 11.8 Å². The molecule has 0 saturated heterocycles. The first-order valence-corrected chi connectivity index (χ1v) is 6.32. The van der Waals surface area contributed by atoms with Crippen molar-refractivity contribution >= 4 is 37.0 Å². The monoisotopic (exact) mass is 269 g/mol. The molecule has 0 spiro atoms. The normalized spacial score (nSPS) is 11.4. The van der Waals surface area contributed by atoms with Crippen molar-refractivity contribution in [3.63, 3.8) is 0 Å². The Balaban J connectivity index is 3.64. The van der Waals surface area contributed by atoms with Gasteiger partial charge in [-0.1, -0.05) is 17.7 Å². The molecular weight excluding hydrogens is 265 g/mol. The highest BCUT2D eigenvalue weighted by Gasteiger charge is 2.25. The number of aryl methyl sites for hydroxylation is 1. The van der Waals surface area contributed by atoms with Crippen molar-refractivity contribution < 1.29 is 13.3 Å². The minimum Gasteiger partial charge on any atom is -0.258 e. The number of benzene rings is 1. The fourth-order valence-electron chi connectivity index (χ4n) is 1.06. The smallest absolute Gasteiger partial charge is 0.258 e. The van der Waals surface area contributed by atoms with Crippen molar-refractivity contribution in [2.24, 2.45) is 0 Å². The number of nitro benzene ring substituents is 1. The van der Waals surface area contributed by atoms with Crippen molar-refractivity contribution in [1.29, 1.82) is 0 Å². The van der Waals surface area contributed by atoms with Crippen LogP contribution in [0.25, 0.3) is 0 Å². The van der Waals surface area contributed by atoms with Gasteiger partial charge in [0, 0.05) is 16.2 Å². The summed E-state index contributed by atoms with van der Waals surface area (Å²) in [5, 5.41) is 10.1. The van der Waals surface area contributed by atoms with Gasteiger partial charge in [-0.2, -0.15) is 0 Å². The molecule has 8 heteroatoms. The molecule has 0 saturated carbocycles. The maximum Gasteiger partial charge on any atom is 0.292 e. The van der Waals surface area contributed by atoms with Crippen molar-refractivity contribution in [1.82, 2.24) is 0 Å². The predicted octanol–water partition coefficient (Wildman–Crippen LogP) is 2.48. The molecule has 15 heavy (non-hydrogen) atoms. The van der Waals surface area contributed by atoms with E-state index in [2.05, 4.69) is 0 Å². The van der Waals surface area contributed by atoms with Crippen molar-refractivity contribution in [3.8, 4) is 0 Å². The molecule has 0 aliphatic carbocycles. The van der Waals surface area contributed by atoms with Gasteiger partial charge in [-0.25, -0.2) is 8.42 Å². The number of hydrogen-bond acceptors (Lipinski definition) is 4. The van der Waals surface area contributed by atoms with E-state index in [4.69, 9.17) is 22.3 Å². The Morgan fingerprint density at radius 3 is 2.33 bits per heavy atom. The third-order valence-corrected chi connectivity index (χ3v) is 3.59. The Kier molecular flexibility index (Phi) is 3.22. The zero-order chi connectivity index (χ0) is 11.8. The van der Waals surface area contributed by atoms with Gasteiger partial charge in [0.1, 0.15) is 9.92 Å². The van der Waals surface area contributed by atoms with E-state index >= 15 is 0 Å². The highest BCUT2D eigenvalue weighted by molar-refractivity contribution is 8.13. The summed E-state index contributed by atoms with van der Waals surface area (Å²) in [7, 11) is 0.988. The fourth-order valence-corrected chi connectivity index (χ4v) is 2.69. The van der Waals surface area contributed by atoms with E-state index in [1.807, 2.05) is 0 Å². The van der Waals surface area contributed by atoms with Gasteiger partial charge in [-0.05, 0) is 13.0 Å². The molecule has 0 unspecified atom stereocenters. The number of halogens is 2. The van der Waals surface area contributed by atoms with Crippen LogP contribution in [0.15, 0.2) is 17.0 Å². The van der Waals surface area contributed by atoms with Crippen LogP contribution in [0.1, 0.15) is 5.56 Å². The minimum absolute atomic E-state index is 0.272. The molecule has 0 fully saturated rings. The quantitative estimate of drug-likeness (QED) is 0.470. The zero-order valence-corrected chi connectivity index (χ0v) is 9.73. The number of nitrogens with zero attached hydrogens (tertiary/aromatic N) is 1. The molecule has 1 rings (SSSR count). The molecule has 0 aliphatic heterocycles. The van der Waals surface area contributed by atoms with Gasteiger partial charge in [-0.3, -0.25) is 10.1 Å². The molecule has 1 aromatic rings. The number of rotatable bonds is 2. The summed E-state index contributed by atoms with van der Waals surface area (Å²) in [4.78, 5) is 9.40. The average molecular weight is 270 g/mol. The first kappa shape index (κ1) is 12.2. The third kappa shape index (κ3) is 2.39. The van der Waals surface area contributed by atoms with E-state index < -0.39 is 29.6 Å². The summed E-state index contributed by atoms with van der Waals surface area (Å²) in [5.74, 6) is 0. The van der Waals surface area contributed by atoms with Crippen LogP contribution in [-0.2, 0) is 9.05 Å². The molecule has 0 radical (unpaired) electrons. The van der Waals surface area contributed by atoms with E-state index in [-0.39, 0.29) is 5.56 Å². The largest absolute Gasteiger partial charge is 0.292 e. The van der Waals surface area contributed by atoms with Crippen molar-refractivity contribution in [2.75, 3.05) is 0 Å². The van der Waals surface area contributed by atoms with Crippen LogP contribution >= 0.6 is 22.3 Å². The number of hydrogen-bond donors (Lipinski definition) is 0. The number of nitro groups is 1. The molecule has 0 aromatic heterocycles. The Morgan fingerprint density at radius 1 is 1.40 bits per heavy atom. The third-order valence-electron chi connectivity index (χ3n) is 1.73. The van der Waals surface area contributed by atoms with Crippen LogP contribution in [-0.4, -0.2) is 13.3 Å². The van der Waals surface area contributed by atoms with E-state index in [1.165, 1.54) is 13.0 Å². The summed E-state index contributed by atoms with van der Waals surface area (Å²) in [6, 6.07) is 2.41. The van der Waals surface area contributed by atoms with Crippen LogP contribution in [0, 0.1) is 17.0 Å². The Bertz CT molecular complexity index is 526.